The summed E-state index contributed by atoms with van der Waals surface area (Å²) < 4.78 is 64.8. The van der Waals surface area contributed by atoms with Crippen molar-refractivity contribution in [2.45, 2.75) is 9.79 Å². The summed E-state index contributed by atoms with van der Waals surface area (Å²) in [6.07, 6.45) is 0. The summed E-state index contributed by atoms with van der Waals surface area (Å²) in [4.78, 5) is -0.537. The van der Waals surface area contributed by atoms with Gasteiger partial charge >= 0.3 is 0 Å². The molecule has 0 aromatic heterocycles. The number of hydrogen-bond donors (Lipinski definition) is 3. The number of nitrogens with two attached hydrogens (primary N) is 1. The highest BCUT2D eigenvalue weighted by Gasteiger charge is 2.15. The molecule has 31 heavy (non-hydrogen) atoms. The Morgan fingerprint density at radius 2 is 1.26 bits per heavy atom. The SMILES string of the molecule is Nc1ccc(/N=N/c2cccc3c(S(=O)(=O)O)cccc23)c2ccc(S(=O)(=O)O)cc12. The van der Waals surface area contributed by atoms with Crippen LogP contribution in [0.1, 0.15) is 0 Å². The lowest BCUT2D eigenvalue weighted by molar-refractivity contribution is 0.481. The number of azo groups is 1. The molecule has 0 bridgehead atoms. The molecule has 0 amide bonds. The molecule has 11 heteroatoms. The maximum Gasteiger partial charge on any atom is 0.295 e. The zero-order chi connectivity index (χ0) is 22.4. The van der Waals surface area contributed by atoms with Crippen LogP contribution in [0.2, 0.25) is 0 Å². The van der Waals surface area contributed by atoms with Crippen molar-refractivity contribution in [3.8, 4) is 0 Å². The molecule has 0 atom stereocenters. The molecule has 0 aliphatic heterocycles. The van der Waals surface area contributed by atoms with Crippen molar-refractivity contribution in [3.63, 3.8) is 0 Å². The van der Waals surface area contributed by atoms with E-state index in [4.69, 9.17) is 5.73 Å². The molecule has 0 aliphatic rings. The van der Waals surface area contributed by atoms with Crippen LogP contribution in [0.25, 0.3) is 21.5 Å². The van der Waals surface area contributed by atoms with Crippen molar-refractivity contribution in [1.29, 1.82) is 0 Å². The van der Waals surface area contributed by atoms with Gasteiger partial charge in [0.15, 0.2) is 0 Å². The van der Waals surface area contributed by atoms with Gasteiger partial charge in [-0.25, -0.2) is 0 Å². The van der Waals surface area contributed by atoms with Crippen LogP contribution in [0, 0.1) is 0 Å². The summed E-state index contributed by atoms with van der Waals surface area (Å²) in [7, 11) is -8.82. The maximum atomic E-state index is 11.6. The average molecular weight is 457 g/mol. The summed E-state index contributed by atoms with van der Waals surface area (Å²) >= 11 is 0. The van der Waals surface area contributed by atoms with Gasteiger partial charge in [-0.15, -0.1) is 10.2 Å². The van der Waals surface area contributed by atoms with Gasteiger partial charge in [0.05, 0.1) is 16.3 Å². The van der Waals surface area contributed by atoms with Gasteiger partial charge in [-0.3, -0.25) is 9.11 Å². The smallest absolute Gasteiger partial charge is 0.295 e. The predicted molar refractivity (Wildman–Crippen MR) is 116 cm³/mol. The van der Waals surface area contributed by atoms with Crippen LogP contribution in [0.5, 0.6) is 0 Å². The molecule has 0 saturated heterocycles. The topological polar surface area (TPSA) is 159 Å². The summed E-state index contributed by atoms with van der Waals surface area (Å²) in [6, 6.07) is 16.3. The first-order chi connectivity index (χ1) is 14.6. The minimum absolute atomic E-state index is 0.238. The highest BCUT2D eigenvalue weighted by Crippen LogP contribution is 2.35. The first-order valence-electron chi connectivity index (χ1n) is 8.76. The fourth-order valence-electron chi connectivity index (χ4n) is 3.27. The third kappa shape index (κ3) is 3.99. The van der Waals surface area contributed by atoms with Crippen LogP contribution < -0.4 is 5.73 Å². The summed E-state index contributed by atoms with van der Waals surface area (Å²) in [5, 5.41) is 10.1. The number of nitrogen functional groups attached to an aromatic ring is 1. The zero-order valence-corrected chi connectivity index (χ0v) is 17.3. The van der Waals surface area contributed by atoms with E-state index in [2.05, 4.69) is 10.2 Å². The van der Waals surface area contributed by atoms with Gasteiger partial charge in [0.2, 0.25) is 0 Å². The van der Waals surface area contributed by atoms with Crippen LogP contribution in [0.3, 0.4) is 0 Å². The Bertz CT molecular complexity index is 1600. The molecule has 4 rings (SSSR count). The van der Waals surface area contributed by atoms with Crippen molar-refractivity contribution in [2.75, 3.05) is 5.73 Å². The van der Waals surface area contributed by atoms with Gasteiger partial charge in [0, 0.05) is 27.2 Å². The molecule has 4 N–H and O–H groups in total. The summed E-state index contributed by atoms with van der Waals surface area (Å²) in [5.41, 5.74) is 6.99. The molecule has 0 unspecified atom stereocenters. The van der Waals surface area contributed by atoms with Gasteiger partial charge in [-0.05, 0) is 36.4 Å². The normalized spacial score (nSPS) is 12.7. The first-order valence-corrected chi connectivity index (χ1v) is 11.6. The predicted octanol–water partition coefficient (Wildman–Crippen LogP) is 4.48. The van der Waals surface area contributed by atoms with Crippen LogP contribution in [0.4, 0.5) is 17.1 Å². The standard InChI is InChI=1S/C20H15N3O6S2/c21-17-9-10-19(14-8-7-12(11-16(14)17)30(24,25)26)23-22-18-5-1-4-15-13(18)3-2-6-20(15)31(27,28)29/h1-11H,21H2,(H,24,25,26)(H,27,28,29)/b23-22+. The molecule has 9 nitrogen and oxygen atoms in total. The molecule has 0 fully saturated rings. The highest BCUT2D eigenvalue weighted by molar-refractivity contribution is 7.86. The second kappa shape index (κ2) is 7.39. The molecule has 0 spiro atoms. The van der Waals surface area contributed by atoms with Gasteiger partial charge in [-0.1, -0.05) is 30.3 Å². The fraction of sp³-hybridized carbons (Fsp3) is 0. The molecule has 0 saturated carbocycles. The monoisotopic (exact) mass is 457 g/mol. The Kier molecular flexibility index (Phi) is 4.98. The molecule has 0 aliphatic carbocycles. The van der Waals surface area contributed by atoms with E-state index in [9.17, 15) is 25.9 Å². The molecular weight excluding hydrogens is 442 g/mol. The van der Waals surface area contributed by atoms with Crippen molar-refractivity contribution >= 4 is 58.8 Å². The van der Waals surface area contributed by atoms with Crippen molar-refractivity contribution in [3.05, 3.63) is 66.7 Å². The van der Waals surface area contributed by atoms with E-state index in [1.807, 2.05) is 0 Å². The number of rotatable bonds is 4. The fourth-order valence-corrected chi connectivity index (χ4v) is 4.48. The van der Waals surface area contributed by atoms with Gasteiger partial charge in [0.1, 0.15) is 4.90 Å². The first kappa shape index (κ1) is 20.9. The Morgan fingerprint density at radius 1 is 0.645 bits per heavy atom. The Balaban J connectivity index is 1.86. The third-order valence-corrected chi connectivity index (χ3v) is 6.46. The second-order valence-electron chi connectivity index (χ2n) is 6.66. The molecule has 4 aromatic rings. The lowest BCUT2D eigenvalue weighted by Crippen LogP contribution is -1.98. The van der Waals surface area contributed by atoms with E-state index in [0.29, 0.717) is 38.6 Å². The zero-order valence-electron chi connectivity index (χ0n) is 15.7. The largest absolute Gasteiger partial charge is 0.398 e. The molecule has 4 aromatic carbocycles. The van der Waals surface area contributed by atoms with E-state index in [1.54, 1.807) is 30.3 Å². The van der Waals surface area contributed by atoms with Crippen LogP contribution in [0.15, 0.2) is 86.7 Å². The minimum Gasteiger partial charge on any atom is -0.398 e. The third-order valence-electron chi connectivity index (χ3n) is 4.70. The lowest BCUT2D eigenvalue weighted by Gasteiger charge is -2.07. The molecule has 158 valence electrons. The maximum absolute atomic E-state index is 11.6. The van der Waals surface area contributed by atoms with Crippen molar-refractivity contribution in [1.82, 2.24) is 0 Å². The van der Waals surface area contributed by atoms with Crippen molar-refractivity contribution < 1.29 is 25.9 Å². The molecule has 0 heterocycles. The van der Waals surface area contributed by atoms with E-state index < -0.39 is 20.2 Å². The van der Waals surface area contributed by atoms with Gasteiger partial charge < -0.3 is 5.73 Å². The van der Waals surface area contributed by atoms with Gasteiger partial charge in [-0.2, -0.15) is 16.8 Å². The molecule has 0 radical (unpaired) electrons. The van der Waals surface area contributed by atoms with Crippen LogP contribution in [-0.4, -0.2) is 25.9 Å². The number of nitrogens with zero attached hydrogens (tertiary/aromatic N) is 2. The number of benzene rings is 4. The second-order valence-corrected chi connectivity index (χ2v) is 9.47. The minimum atomic E-state index is -4.42. The molecular formula is C20H15N3O6S2. The Morgan fingerprint density at radius 3 is 1.94 bits per heavy atom. The van der Waals surface area contributed by atoms with E-state index in [1.165, 1.54) is 36.4 Å². The lowest BCUT2D eigenvalue weighted by atomic mass is 10.1. The van der Waals surface area contributed by atoms with Gasteiger partial charge in [0.25, 0.3) is 20.2 Å². The Hall–Kier alpha value is -3.38. The quantitative estimate of drug-likeness (QED) is 0.231. The number of anilines is 1. The van der Waals surface area contributed by atoms with Crippen LogP contribution >= 0.6 is 0 Å². The summed E-state index contributed by atoms with van der Waals surface area (Å²) in [6.45, 7) is 0. The Labute approximate surface area is 177 Å². The van der Waals surface area contributed by atoms with E-state index in [-0.39, 0.29) is 9.79 Å². The van der Waals surface area contributed by atoms with Crippen LogP contribution in [-0.2, 0) is 20.2 Å². The van der Waals surface area contributed by atoms with E-state index in [0.717, 1.165) is 0 Å². The number of hydrogen-bond acceptors (Lipinski definition) is 7. The van der Waals surface area contributed by atoms with Crippen molar-refractivity contribution in [2.24, 2.45) is 10.2 Å². The highest BCUT2D eigenvalue weighted by atomic mass is 32.2. The number of fused-ring (bicyclic) bond motifs is 2. The average Bonchev–Trinajstić information content (AvgIpc) is 2.71. The summed E-state index contributed by atoms with van der Waals surface area (Å²) in [5.74, 6) is 0. The van der Waals surface area contributed by atoms with E-state index >= 15 is 0 Å².